The third-order valence-corrected chi connectivity index (χ3v) is 3.93. The molecule has 0 fully saturated rings. The number of halogens is 1. The average molecular weight is 334 g/mol. The molecule has 0 saturated heterocycles. The zero-order chi connectivity index (χ0) is 17.0. The maximum Gasteiger partial charge on any atom is 0.254 e. The molecule has 0 aliphatic rings. The SMILES string of the molecule is COc1cc(C(=O)N(C)Cc2ccc(Cl)cc2)cc(OC)c1C. The van der Waals surface area contributed by atoms with E-state index in [9.17, 15) is 4.79 Å². The highest BCUT2D eigenvalue weighted by molar-refractivity contribution is 6.30. The minimum absolute atomic E-state index is 0.100. The molecular formula is C18H20ClNO3. The Kier molecular flexibility index (Phi) is 5.50. The van der Waals surface area contributed by atoms with Gasteiger partial charge in [0.25, 0.3) is 5.91 Å². The fraction of sp³-hybridized carbons (Fsp3) is 0.278. The monoisotopic (exact) mass is 333 g/mol. The first kappa shape index (κ1) is 17.2. The molecule has 0 aliphatic heterocycles. The summed E-state index contributed by atoms with van der Waals surface area (Å²) in [5, 5.41) is 0.677. The standard InChI is InChI=1S/C18H20ClNO3/c1-12-16(22-3)9-14(10-17(12)23-4)18(21)20(2)11-13-5-7-15(19)8-6-13/h5-10H,11H2,1-4H3. The molecule has 0 radical (unpaired) electrons. The zero-order valence-electron chi connectivity index (χ0n) is 13.7. The van der Waals surface area contributed by atoms with E-state index in [1.165, 1.54) is 0 Å². The van der Waals surface area contributed by atoms with Gasteiger partial charge in [0.2, 0.25) is 0 Å². The summed E-state index contributed by atoms with van der Waals surface area (Å²) in [5.41, 5.74) is 2.41. The molecule has 0 spiro atoms. The van der Waals surface area contributed by atoms with Crippen LogP contribution in [0, 0.1) is 6.92 Å². The maximum absolute atomic E-state index is 12.7. The zero-order valence-corrected chi connectivity index (χ0v) is 14.5. The molecule has 0 unspecified atom stereocenters. The first-order valence-corrected chi connectivity index (χ1v) is 7.56. The normalized spacial score (nSPS) is 10.3. The summed E-state index contributed by atoms with van der Waals surface area (Å²) < 4.78 is 10.6. The van der Waals surface area contributed by atoms with Crippen molar-refractivity contribution in [3.8, 4) is 11.5 Å². The van der Waals surface area contributed by atoms with Gasteiger partial charge in [-0.05, 0) is 36.8 Å². The second kappa shape index (κ2) is 7.38. The third kappa shape index (κ3) is 3.96. The highest BCUT2D eigenvalue weighted by Crippen LogP contribution is 2.30. The molecule has 2 aromatic carbocycles. The molecule has 0 atom stereocenters. The number of carbonyl (C=O) groups is 1. The first-order valence-electron chi connectivity index (χ1n) is 7.18. The first-order chi connectivity index (χ1) is 11.0. The fourth-order valence-electron chi connectivity index (χ4n) is 2.37. The lowest BCUT2D eigenvalue weighted by Crippen LogP contribution is -2.26. The Morgan fingerprint density at radius 2 is 1.61 bits per heavy atom. The van der Waals surface area contributed by atoms with Gasteiger partial charge in [0.05, 0.1) is 14.2 Å². The van der Waals surface area contributed by atoms with Crippen LogP contribution in [0.25, 0.3) is 0 Å². The fourth-order valence-corrected chi connectivity index (χ4v) is 2.49. The molecule has 2 rings (SSSR count). The van der Waals surface area contributed by atoms with E-state index in [1.54, 1.807) is 38.3 Å². The number of hydrogen-bond donors (Lipinski definition) is 0. The molecule has 0 heterocycles. The van der Waals surface area contributed by atoms with E-state index in [4.69, 9.17) is 21.1 Å². The maximum atomic E-state index is 12.7. The molecular weight excluding hydrogens is 314 g/mol. The van der Waals surface area contributed by atoms with Crippen LogP contribution in [0.4, 0.5) is 0 Å². The van der Waals surface area contributed by atoms with Crippen molar-refractivity contribution in [3.05, 3.63) is 58.1 Å². The van der Waals surface area contributed by atoms with Gasteiger partial charge in [0, 0.05) is 29.7 Å². The van der Waals surface area contributed by atoms with Gasteiger partial charge in [-0.2, -0.15) is 0 Å². The van der Waals surface area contributed by atoms with E-state index >= 15 is 0 Å². The van der Waals surface area contributed by atoms with Crippen molar-refractivity contribution in [2.75, 3.05) is 21.3 Å². The summed E-state index contributed by atoms with van der Waals surface area (Å²) >= 11 is 5.88. The Labute approximate surface area is 141 Å². The van der Waals surface area contributed by atoms with Gasteiger partial charge in [-0.25, -0.2) is 0 Å². The average Bonchev–Trinajstić information content (AvgIpc) is 2.56. The molecule has 0 N–H and O–H groups in total. The predicted octanol–water partition coefficient (Wildman–Crippen LogP) is 3.94. The van der Waals surface area contributed by atoms with Crippen LogP contribution in [0.15, 0.2) is 36.4 Å². The van der Waals surface area contributed by atoms with Crippen molar-refractivity contribution >= 4 is 17.5 Å². The van der Waals surface area contributed by atoms with E-state index < -0.39 is 0 Å². The number of methoxy groups -OCH3 is 2. The molecule has 122 valence electrons. The van der Waals surface area contributed by atoms with Crippen LogP contribution >= 0.6 is 11.6 Å². The van der Waals surface area contributed by atoms with Gasteiger partial charge in [-0.1, -0.05) is 23.7 Å². The van der Waals surface area contributed by atoms with E-state index in [0.717, 1.165) is 11.1 Å². The summed E-state index contributed by atoms with van der Waals surface area (Å²) in [6.45, 7) is 2.39. The molecule has 23 heavy (non-hydrogen) atoms. The van der Waals surface area contributed by atoms with Crippen molar-refractivity contribution in [2.45, 2.75) is 13.5 Å². The van der Waals surface area contributed by atoms with E-state index in [2.05, 4.69) is 0 Å². The van der Waals surface area contributed by atoms with Crippen LogP contribution < -0.4 is 9.47 Å². The topological polar surface area (TPSA) is 38.8 Å². The Bertz CT molecular complexity index is 673. The second-order valence-electron chi connectivity index (χ2n) is 5.29. The lowest BCUT2D eigenvalue weighted by Gasteiger charge is -2.19. The Morgan fingerprint density at radius 3 is 2.09 bits per heavy atom. The smallest absolute Gasteiger partial charge is 0.254 e. The molecule has 4 nitrogen and oxygen atoms in total. The van der Waals surface area contributed by atoms with Crippen molar-refractivity contribution in [1.82, 2.24) is 4.90 Å². The number of carbonyl (C=O) groups excluding carboxylic acids is 1. The van der Waals surface area contributed by atoms with Crippen LogP contribution in [-0.4, -0.2) is 32.1 Å². The van der Waals surface area contributed by atoms with E-state index in [1.807, 2.05) is 31.2 Å². The molecule has 0 bridgehead atoms. The number of ether oxygens (including phenoxy) is 2. The summed E-state index contributed by atoms with van der Waals surface area (Å²) in [6.07, 6.45) is 0. The quantitative estimate of drug-likeness (QED) is 0.832. The number of amides is 1. The van der Waals surface area contributed by atoms with Gasteiger partial charge >= 0.3 is 0 Å². The van der Waals surface area contributed by atoms with Crippen molar-refractivity contribution in [1.29, 1.82) is 0 Å². The Hall–Kier alpha value is -2.20. The highest BCUT2D eigenvalue weighted by Gasteiger charge is 2.17. The van der Waals surface area contributed by atoms with Crippen LogP contribution in [0.2, 0.25) is 5.02 Å². The lowest BCUT2D eigenvalue weighted by molar-refractivity contribution is 0.0784. The molecule has 5 heteroatoms. The van der Waals surface area contributed by atoms with Crippen molar-refractivity contribution < 1.29 is 14.3 Å². The molecule has 0 aromatic heterocycles. The van der Waals surface area contributed by atoms with Gasteiger partial charge in [-0.3, -0.25) is 4.79 Å². The minimum Gasteiger partial charge on any atom is -0.496 e. The van der Waals surface area contributed by atoms with Crippen molar-refractivity contribution in [2.24, 2.45) is 0 Å². The summed E-state index contributed by atoms with van der Waals surface area (Å²) in [5.74, 6) is 1.16. The molecule has 2 aromatic rings. The van der Waals surface area contributed by atoms with E-state index in [-0.39, 0.29) is 5.91 Å². The van der Waals surface area contributed by atoms with Gasteiger partial charge in [0.1, 0.15) is 11.5 Å². The van der Waals surface area contributed by atoms with Crippen LogP contribution in [0.5, 0.6) is 11.5 Å². The van der Waals surface area contributed by atoms with Gasteiger partial charge in [-0.15, -0.1) is 0 Å². The van der Waals surface area contributed by atoms with E-state index in [0.29, 0.717) is 28.6 Å². The van der Waals surface area contributed by atoms with Gasteiger partial charge < -0.3 is 14.4 Å². The van der Waals surface area contributed by atoms with Crippen LogP contribution in [-0.2, 0) is 6.54 Å². The highest BCUT2D eigenvalue weighted by atomic mass is 35.5. The molecule has 1 amide bonds. The Balaban J connectivity index is 2.23. The number of hydrogen-bond acceptors (Lipinski definition) is 3. The molecule has 0 saturated carbocycles. The van der Waals surface area contributed by atoms with Gasteiger partial charge in [0.15, 0.2) is 0 Å². The largest absolute Gasteiger partial charge is 0.496 e. The predicted molar refractivity (Wildman–Crippen MR) is 91.5 cm³/mol. The minimum atomic E-state index is -0.100. The number of benzene rings is 2. The lowest BCUT2D eigenvalue weighted by atomic mass is 10.1. The van der Waals surface area contributed by atoms with Crippen LogP contribution in [0.3, 0.4) is 0 Å². The second-order valence-corrected chi connectivity index (χ2v) is 5.73. The van der Waals surface area contributed by atoms with Crippen LogP contribution in [0.1, 0.15) is 21.5 Å². The Morgan fingerprint density at radius 1 is 1.09 bits per heavy atom. The number of rotatable bonds is 5. The third-order valence-electron chi connectivity index (χ3n) is 3.68. The summed E-state index contributed by atoms with van der Waals surface area (Å²) in [7, 11) is 4.91. The summed E-state index contributed by atoms with van der Waals surface area (Å²) in [6, 6.07) is 10.9. The van der Waals surface area contributed by atoms with Crippen molar-refractivity contribution in [3.63, 3.8) is 0 Å². The molecule has 0 aliphatic carbocycles. The number of nitrogens with zero attached hydrogens (tertiary/aromatic N) is 1. The summed E-state index contributed by atoms with van der Waals surface area (Å²) in [4.78, 5) is 14.3.